The fourth-order valence-corrected chi connectivity index (χ4v) is 2.47. The second-order valence-corrected chi connectivity index (χ2v) is 5.74. The predicted molar refractivity (Wildman–Crippen MR) is 67.1 cm³/mol. The summed E-state index contributed by atoms with van der Waals surface area (Å²) in [6.07, 6.45) is 4.12. The molecule has 1 aliphatic rings. The summed E-state index contributed by atoms with van der Waals surface area (Å²) in [6, 6.07) is 2.75. The molecular formula is C13H25N3. The Morgan fingerprint density at radius 1 is 1.50 bits per heavy atom. The molecule has 0 saturated heterocycles. The molecule has 3 heteroatoms. The van der Waals surface area contributed by atoms with Gasteiger partial charge in [0.1, 0.15) is 5.54 Å². The van der Waals surface area contributed by atoms with Gasteiger partial charge in [-0.2, -0.15) is 5.26 Å². The smallest absolute Gasteiger partial charge is 0.116 e. The van der Waals surface area contributed by atoms with Crippen LogP contribution in [0, 0.1) is 17.2 Å². The molecule has 0 aliphatic heterocycles. The third-order valence-corrected chi connectivity index (χ3v) is 3.23. The lowest BCUT2D eigenvalue weighted by Gasteiger charge is -2.35. The largest absolute Gasteiger partial charge is 0.303 e. The van der Waals surface area contributed by atoms with Gasteiger partial charge in [-0.25, -0.2) is 0 Å². The minimum atomic E-state index is -0.424. The van der Waals surface area contributed by atoms with Crippen molar-refractivity contribution in [2.75, 3.05) is 20.1 Å². The summed E-state index contributed by atoms with van der Waals surface area (Å²) < 4.78 is 0. The van der Waals surface area contributed by atoms with Gasteiger partial charge in [-0.1, -0.05) is 6.42 Å². The third kappa shape index (κ3) is 4.11. The molecule has 1 unspecified atom stereocenters. The van der Waals surface area contributed by atoms with E-state index in [1.54, 1.807) is 0 Å². The Morgan fingerprint density at radius 3 is 2.50 bits per heavy atom. The molecule has 0 aromatic carbocycles. The molecule has 1 aliphatic carbocycles. The number of likely N-dealkylation sites (N-methyl/N-ethyl adjacent to an activating group) is 1. The van der Waals surface area contributed by atoms with Gasteiger partial charge in [0.2, 0.25) is 0 Å². The maximum atomic E-state index is 9.25. The van der Waals surface area contributed by atoms with Gasteiger partial charge in [-0.3, -0.25) is 5.32 Å². The molecule has 0 aromatic rings. The van der Waals surface area contributed by atoms with E-state index < -0.39 is 5.54 Å². The number of nitrogens with one attached hydrogen (secondary N) is 1. The first-order valence-electron chi connectivity index (χ1n) is 6.32. The van der Waals surface area contributed by atoms with E-state index in [-0.39, 0.29) is 0 Å². The Hall–Kier alpha value is -0.590. The molecule has 92 valence electrons. The molecule has 1 fully saturated rings. The van der Waals surface area contributed by atoms with Crippen LogP contribution in [0.4, 0.5) is 0 Å². The van der Waals surface area contributed by atoms with Crippen molar-refractivity contribution in [3.05, 3.63) is 0 Å². The molecule has 1 N–H and O–H groups in total. The summed E-state index contributed by atoms with van der Waals surface area (Å²) in [4.78, 5) is 2.29. The van der Waals surface area contributed by atoms with Gasteiger partial charge in [0.25, 0.3) is 0 Å². The van der Waals surface area contributed by atoms with Crippen LogP contribution in [0.15, 0.2) is 0 Å². The van der Waals surface area contributed by atoms with Crippen LogP contribution in [0.5, 0.6) is 0 Å². The summed E-state index contributed by atoms with van der Waals surface area (Å²) in [5.74, 6) is 0.868. The summed E-state index contributed by atoms with van der Waals surface area (Å²) in [7, 11) is 2.12. The van der Waals surface area contributed by atoms with Crippen LogP contribution in [0.2, 0.25) is 0 Å². The second-order valence-electron chi connectivity index (χ2n) is 5.74. The Morgan fingerprint density at radius 2 is 2.12 bits per heavy atom. The predicted octanol–water partition coefficient (Wildman–Crippen LogP) is 2.00. The maximum Gasteiger partial charge on any atom is 0.116 e. The zero-order chi connectivity index (χ0) is 12.2. The van der Waals surface area contributed by atoms with Crippen LogP contribution in [0.25, 0.3) is 0 Å². The van der Waals surface area contributed by atoms with E-state index in [9.17, 15) is 5.26 Å². The minimum Gasteiger partial charge on any atom is -0.303 e. The number of nitrogens with zero attached hydrogens (tertiary/aromatic N) is 2. The van der Waals surface area contributed by atoms with Crippen molar-refractivity contribution >= 4 is 0 Å². The number of hydrogen-bond donors (Lipinski definition) is 1. The molecule has 16 heavy (non-hydrogen) atoms. The summed E-state index contributed by atoms with van der Waals surface area (Å²) in [5, 5.41) is 12.6. The van der Waals surface area contributed by atoms with Crippen molar-refractivity contribution in [2.24, 2.45) is 5.92 Å². The Kier molecular flexibility index (Phi) is 4.76. The average Bonchev–Trinajstić information content (AvgIpc) is 2.10. The molecule has 0 bridgehead atoms. The van der Waals surface area contributed by atoms with Gasteiger partial charge in [0.15, 0.2) is 0 Å². The standard InChI is InChI=1S/C13H25N3/c1-11(2)15-13(3,9-14)10-16(4)8-12-6-5-7-12/h11-12,15H,5-8,10H2,1-4H3. The van der Waals surface area contributed by atoms with Crippen molar-refractivity contribution in [3.63, 3.8) is 0 Å². The molecule has 1 saturated carbocycles. The molecule has 3 nitrogen and oxygen atoms in total. The second kappa shape index (κ2) is 5.65. The van der Waals surface area contributed by atoms with Crippen LogP contribution >= 0.6 is 0 Å². The minimum absolute atomic E-state index is 0.349. The van der Waals surface area contributed by atoms with Crippen molar-refractivity contribution in [1.29, 1.82) is 5.26 Å². The Labute approximate surface area is 99.8 Å². The van der Waals surface area contributed by atoms with E-state index in [2.05, 4.69) is 37.2 Å². The van der Waals surface area contributed by atoms with Crippen molar-refractivity contribution < 1.29 is 0 Å². The monoisotopic (exact) mass is 223 g/mol. The van der Waals surface area contributed by atoms with Gasteiger partial charge in [0.05, 0.1) is 6.07 Å². The molecule has 1 rings (SSSR count). The normalized spacial score (nSPS) is 20.6. The lowest BCUT2D eigenvalue weighted by atomic mass is 9.85. The van der Waals surface area contributed by atoms with Crippen molar-refractivity contribution in [2.45, 2.75) is 51.6 Å². The average molecular weight is 223 g/mol. The fourth-order valence-electron chi connectivity index (χ4n) is 2.47. The number of rotatable bonds is 6. The molecule has 0 amide bonds. The molecule has 0 heterocycles. The van der Waals surface area contributed by atoms with E-state index in [0.717, 1.165) is 19.0 Å². The fraction of sp³-hybridized carbons (Fsp3) is 0.923. The van der Waals surface area contributed by atoms with Gasteiger partial charge in [0, 0.05) is 19.1 Å². The van der Waals surface area contributed by atoms with E-state index in [1.807, 2.05) is 6.92 Å². The summed E-state index contributed by atoms with van der Waals surface area (Å²) in [6.45, 7) is 8.10. The summed E-state index contributed by atoms with van der Waals surface area (Å²) in [5.41, 5.74) is -0.424. The first-order chi connectivity index (χ1) is 7.45. The topological polar surface area (TPSA) is 39.1 Å². The zero-order valence-electron chi connectivity index (χ0n) is 11.1. The van der Waals surface area contributed by atoms with E-state index in [1.165, 1.54) is 19.3 Å². The van der Waals surface area contributed by atoms with Gasteiger partial charge in [-0.15, -0.1) is 0 Å². The summed E-state index contributed by atoms with van der Waals surface area (Å²) >= 11 is 0. The lowest BCUT2D eigenvalue weighted by molar-refractivity contribution is 0.177. The van der Waals surface area contributed by atoms with Crippen LogP contribution < -0.4 is 5.32 Å². The van der Waals surface area contributed by atoms with Crippen LogP contribution in [0.3, 0.4) is 0 Å². The van der Waals surface area contributed by atoms with E-state index in [0.29, 0.717) is 6.04 Å². The van der Waals surface area contributed by atoms with E-state index >= 15 is 0 Å². The first kappa shape index (κ1) is 13.5. The SMILES string of the molecule is CC(C)NC(C)(C#N)CN(C)CC1CCC1. The molecule has 0 spiro atoms. The van der Waals surface area contributed by atoms with E-state index in [4.69, 9.17) is 0 Å². The van der Waals surface area contributed by atoms with Crippen LogP contribution in [-0.4, -0.2) is 36.6 Å². The van der Waals surface area contributed by atoms with Gasteiger partial charge < -0.3 is 4.90 Å². The molecular weight excluding hydrogens is 198 g/mol. The number of nitriles is 1. The molecule has 1 atom stereocenters. The molecule has 0 radical (unpaired) electrons. The van der Waals surface area contributed by atoms with Crippen molar-refractivity contribution in [3.8, 4) is 6.07 Å². The van der Waals surface area contributed by atoms with Gasteiger partial charge >= 0.3 is 0 Å². The lowest BCUT2D eigenvalue weighted by Crippen LogP contribution is -2.52. The third-order valence-electron chi connectivity index (χ3n) is 3.23. The zero-order valence-corrected chi connectivity index (χ0v) is 11.1. The quantitative estimate of drug-likeness (QED) is 0.748. The molecule has 0 aromatic heterocycles. The van der Waals surface area contributed by atoms with Gasteiger partial charge in [-0.05, 0) is 46.6 Å². The van der Waals surface area contributed by atoms with Crippen LogP contribution in [0.1, 0.15) is 40.0 Å². The highest BCUT2D eigenvalue weighted by Crippen LogP contribution is 2.27. The number of hydrogen-bond acceptors (Lipinski definition) is 3. The first-order valence-corrected chi connectivity index (χ1v) is 6.32. The maximum absolute atomic E-state index is 9.25. The van der Waals surface area contributed by atoms with Crippen molar-refractivity contribution in [1.82, 2.24) is 10.2 Å². The highest BCUT2D eigenvalue weighted by atomic mass is 15.2. The Bertz CT molecular complexity index is 252. The Balaban J connectivity index is 2.38. The highest BCUT2D eigenvalue weighted by molar-refractivity contribution is 5.06. The highest BCUT2D eigenvalue weighted by Gasteiger charge is 2.28. The van der Waals surface area contributed by atoms with Crippen LogP contribution in [-0.2, 0) is 0 Å².